The van der Waals surface area contributed by atoms with Gasteiger partial charge in [0, 0.05) is 29.4 Å². The molecule has 0 atom stereocenters. The van der Waals surface area contributed by atoms with Gasteiger partial charge in [-0.25, -0.2) is 8.42 Å². The van der Waals surface area contributed by atoms with Gasteiger partial charge in [-0.1, -0.05) is 6.92 Å². The number of sulfone groups is 1. The topological polar surface area (TPSA) is 48.3 Å². The molecule has 0 fully saturated rings. The maximum atomic E-state index is 11.8. The summed E-state index contributed by atoms with van der Waals surface area (Å²) in [5.74, 6) is 1.30. The highest BCUT2D eigenvalue weighted by atomic mass is 32.2. The standard InChI is InChI=1S/C15H21NO3S/c1-3-10-20(17,18)11-9-16-8-7-13-12-14(19-4-2)5-6-15(13)16/h5-8,12H,3-4,9-11H2,1-2H3. The maximum Gasteiger partial charge on any atom is 0.152 e. The van der Waals surface area contributed by atoms with Crippen LogP contribution in [0.2, 0.25) is 0 Å². The summed E-state index contributed by atoms with van der Waals surface area (Å²) >= 11 is 0. The molecule has 0 aliphatic rings. The summed E-state index contributed by atoms with van der Waals surface area (Å²) in [6, 6.07) is 7.87. The van der Waals surface area contributed by atoms with Crippen molar-refractivity contribution in [3.63, 3.8) is 0 Å². The van der Waals surface area contributed by atoms with Crippen molar-refractivity contribution in [2.75, 3.05) is 18.1 Å². The monoisotopic (exact) mass is 295 g/mol. The Balaban J connectivity index is 2.15. The molecule has 5 heteroatoms. The van der Waals surface area contributed by atoms with Crippen LogP contribution in [0, 0.1) is 0 Å². The van der Waals surface area contributed by atoms with Gasteiger partial charge in [-0.05, 0) is 37.6 Å². The minimum Gasteiger partial charge on any atom is -0.494 e. The molecule has 0 radical (unpaired) electrons. The summed E-state index contributed by atoms with van der Waals surface area (Å²) in [5, 5.41) is 1.07. The zero-order valence-corrected chi connectivity index (χ0v) is 12.8. The van der Waals surface area contributed by atoms with Crippen molar-refractivity contribution in [1.29, 1.82) is 0 Å². The molecule has 0 aliphatic heterocycles. The molecule has 0 aliphatic carbocycles. The van der Waals surface area contributed by atoms with Gasteiger partial charge in [-0.3, -0.25) is 0 Å². The van der Waals surface area contributed by atoms with E-state index in [-0.39, 0.29) is 11.5 Å². The van der Waals surface area contributed by atoms with Crippen LogP contribution in [0.25, 0.3) is 10.9 Å². The van der Waals surface area contributed by atoms with E-state index in [2.05, 4.69) is 0 Å². The highest BCUT2D eigenvalue weighted by molar-refractivity contribution is 7.91. The second kappa shape index (κ2) is 6.31. The lowest BCUT2D eigenvalue weighted by Gasteiger charge is -2.07. The highest BCUT2D eigenvalue weighted by Crippen LogP contribution is 2.22. The van der Waals surface area contributed by atoms with Crippen molar-refractivity contribution in [2.45, 2.75) is 26.8 Å². The minimum atomic E-state index is -2.94. The van der Waals surface area contributed by atoms with Gasteiger partial charge >= 0.3 is 0 Å². The quantitative estimate of drug-likeness (QED) is 0.789. The molecule has 0 saturated heterocycles. The van der Waals surface area contributed by atoms with Crippen molar-refractivity contribution >= 4 is 20.7 Å². The lowest BCUT2D eigenvalue weighted by molar-refractivity contribution is 0.340. The molecule has 1 heterocycles. The molecule has 0 bridgehead atoms. The molecule has 2 rings (SSSR count). The van der Waals surface area contributed by atoms with E-state index in [1.807, 2.05) is 48.9 Å². The van der Waals surface area contributed by atoms with E-state index in [0.717, 1.165) is 16.7 Å². The Morgan fingerprint density at radius 2 is 1.95 bits per heavy atom. The molecule has 0 N–H and O–H groups in total. The van der Waals surface area contributed by atoms with E-state index in [0.29, 0.717) is 19.6 Å². The molecular weight excluding hydrogens is 274 g/mol. The van der Waals surface area contributed by atoms with Crippen molar-refractivity contribution < 1.29 is 13.2 Å². The molecule has 0 spiro atoms. The van der Waals surface area contributed by atoms with Crippen LogP contribution in [0.5, 0.6) is 5.75 Å². The van der Waals surface area contributed by atoms with E-state index < -0.39 is 9.84 Å². The zero-order chi connectivity index (χ0) is 14.6. The van der Waals surface area contributed by atoms with Crippen LogP contribution >= 0.6 is 0 Å². The van der Waals surface area contributed by atoms with Crippen LogP contribution in [-0.2, 0) is 16.4 Å². The van der Waals surface area contributed by atoms with Gasteiger partial charge in [0.1, 0.15) is 5.75 Å². The Labute approximate surface area is 120 Å². The second-order valence-electron chi connectivity index (χ2n) is 4.81. The van der Waals surface area contributed by atoms with Crippen LogP contribution in [0.1, 0.15) is 20.3 Å². The second-order valence-corrected chi connectivity index (χ2v) is 7.12. The largest absolute Gasteiger partial charge is 0.494 e. The third-order valence-corrected chi connectivity index (χ3v) is 5.05. The van der Waals surface area contributed by atoms with Gasteiger partial charge < -0.3 is 9.30 Å². The number of hydrogen-bond donors (Lipinski definition) is 0. The van der Waals surface area contributed by atoms with Crippen molar-refractivity contribution in [3.05, 3.63) is 30.5 Å². The van der Waals surface area contributed by atoms with Crippen molar-refractivity contribution in [2.24, 2.45) is 0 Å². The Morgan fingerprint density at radius 3 is 2.65 bits per heavy atom. The molecule has 0 saturated carbocycles. The molecule has 1 aromatic carbocycles. The summed E-state index contributed by atoms with van der Waals surface area (Å²) < 4.78 is 31.0. The summed E-state index contributed by atoms with van der Waals surface area (Å²) in [4.78, 5) is 0. The molecule has 0 unspecified atom stereocenters. The first-order chi connectivity index (χ1) is 9.55. The fourth-order valence-corrected chi connectivity index (χ4v) is 3.58. The smallest absolute Gasteiger partial charge is 0.152 e. The van der Waals surface area contributed by atoms with E-state index in [4.69, 9.17) is 4.74 Å². The van der Waals surface area contributed by atoms with Gasteiger partial charge in [0.2, 0.25) is 0 Å². The first-order valence-electron chi connectivity index (χ1n) is 6.98. The average molecular weight is 295 g/mol. The average Bonchev–Trinajstić information content (AvgIpc) is 2.79. The Morgan fingerprint density at radius 1 is 1.15 bits per heavy atom. The fourth-order valence-electron chi connectivity index (χ4n) is 2.28. The van der Waals surface area contributed by atoms with Crippen LogP contribution < -0.4 is 4.74 Å². The molecule has 4 nitrogen and oxygen atoms in total. The van der Waals surface area contributed by atoms with E-state index in [1.165, 1.54) is 0 Å². The van der Waals surface area contributed by atoms with Crippen molar-refractivity contribution in [1.82, 2.24) is 4.57 Å². The van der Waals surface area contributed by atoms with E-state index in [9.17, 15) is 8.42 Å². The summed E-state index contributed by atoms with van der Waals surface area (Å²) in [7, 11) is -2.94. The number of nitrogens with zero attached hydrogens (tertiary/aromatic N) is 1. The normalized spacial score (nSPS) is 11.9. The number of ether oxygens (including phenoxy) is 1. The molecular formula is C15H21NO3S. The predicted octanol–water partition coefficient (Wildman–Crippen LogP) is 2.86. The molecule has 0 amide bonds. The van der Waals surface area contributed by atoms with Gasteiger partial charge in [-0.15, -0.1) is 0 Å². The number of aromatic nitrogens is 1. The first-order valence-corrected chi connectivity index (χ1v) is 8.80. The Hall–Kier alpha value is -1.49. The fraction of sp³-hybridized carbons (Fsp3) is 0.467. The Kier molecular flexibility index (Phi) is 4.70. The lowest BCUT2D eigenvalue weighted by atomic mass is 10.2. The first kappa shape index (κ1) is 14.9. The van der Waals surface area contributed by atoms with E-state index in [1.54, 1.807) is 0 Å². The van der Waals surface area contributed by atoms with Gasteiger partial charge in [0.25, 0.3) is 0 Å². The summed E-state index contributed by atoms with van der Waals surface area (Å²) in [6.45, 7) is 4.98. The van der Waals surface area contributed by atoms with Gasteiger partial charge in [-0.2, -0.15) is 0 Å². The third kappa shape index (κ3) is 3.54. The number of aryl methyl sites for hydroxylation is 1. The molecule has 110 valence electrons. The van der Waals surface area contributed by atoms with Crippen LogP contribution in [0.4, 0.5) is 0 Å². The number of rotatable bonds is 7. The van der Waals surface area contributed by atoms with Gasteiger partial charge in [0.15, 0.2) is 9.84 Å². The number of hydrogen-bond acceptors (Lipinski definition) is 3. The highest BCUT2D eigenvalue weighted by Gasteiger charge is 2.10. The molecule has 2 aromatic rings. The SMILES string of the molecule is CCCS(=O)(=O)CCn1ccc2cc(OCC)ccc21. The van der Waals surface area contributed by atoms with E-state index >= 15 is 0 Å². The minimum absolute atomic E-state index is 0.192. The Bertz CT molecular complexity index is 673. The molecule has 1 aromatic heterocycles. The van der Waals surface area contributed by atoms with Crippen LogP contribution in [0.3, 0.4) is 0 Å². The van der Waals surface area contributed by atoms with Crippen molar-refractivity contribution in [3.8, 4) is 5.75 Å². The number of fused-ring (bicyclic) bond motifs is 1. The predicted molar refractivity (Wildman–Crippen MR) is 82.1 cm³/mol. The lowest BCUT2D eigenvalue weighted by Crippen LogP contribution is -2.15. The summed E-state index contributed by atoms with van der Waals surface area (Å²) in [5.41, 5.74) is 1.04. The third-order valence-electron chi connectivity index (χ3n) is 3.21. The van der Waals surface area contributed by atoms with Crippen LogP contribution in [0.15, 0.2) is 30.5 Å². The maximum absolute atomic E-state index is 11.8. The number of benzene rings is 1. The van der Waals surface area contributed by atoms with Gasteiger partial charge in [0.05, 0.1) is 12.4 Å². The summed E-state index contributed by atoms with van der Waals surface area (Å²) in [6.07, 6.45) is 2.61. The van der Waals surface area contributed by atoms with Crippen LogP contribution in [-0.4, -0.2) is 31.1 Å². The molecule has 20 heavy (non-hydrogen) atoms. The zero-order valence-electron chi connectivity index (χ0n) is 12.0.